The van der Waals surface area contributed by atoms with Crippen LogP contribution in [0.25, 0.3) is 11.1 Å². The Bertz CT molecular complexity index is 1580. The van der Waals surface area contributed by atoms with Crippen LogP contribution >= 0.6 is 34.8 Å². The summed E-state index contributed by atoms with van der Waals surface area (Å²) in [6.07, 6.45) is -7.06. The first kappa shape index (κ1) is 37.6. The van der Waals surface area contributed by atoms with E-state index in [0.717, 1.165) is 22.3 Å². The number of hydrogen-bond donors (Lipinski definition) is 4. The van der Waals surface area contributed by atoms with Gasteiger partial charge in [0.15, 0.2) is 12.3 Å². The highest BCUT2D eigenvalue weighted by Gasteiger charge is 2.46. The minimum absolute atomic E-state index is 0.0111. The van der Waals surface area contributed by atoms with Crippen molar-refractivity contribution >= 4 is 53.0 Å². The number of alkyl carbamates (subject to hydrolysis) is 2. The van der Waals surface area contributed by atoms with Gasteiger partial charge in [-0.2, -0.15) is 0 Å². The van der Waals surface area contributed by atoms with Gasteiger partial charge >= 0.3 is 18.2 Å². The molecule has 3 aromatic carbocycles. The maximum atomic E-state index is 13.4. The van der Waals surface area contributed by atoms with Crippen molar-refractivity contribution in [3.05, 3.63) is 95.6 Å². The van der Waals surface area contributed by atoms with Crippen molar-refractivity contribution in [2.24, 2.45) is 0 Å². The normalized spacial score (nSPS) is 22.1. The Hall–Kier alpha value is -3.62. The Balaban J connectivity index is 1.28. The fourth-order valence-corrected chi connectivity index (χ4v) is 6.02. The second kappa shape index (κ2) is 17.1. The molecule has 0 radical (unpaired) electrons. The molecule has 6 atom stereocenters. The minimum atomic E-state index is -1.90. The van der Waals surface area contributed by atoms with E-state index in [1.807, 2.05) is 54.6 Å². The lowest BCUT2D eigenvalue weighted by Crippen LogP contribution is -2.64. The summed E-state index contributed by atoms with van der Waals surface area (Å²) in [7, 11) is 0. The summed E-state index contributed by atoms with van der Waals surface area (Å²) in [6, 6.07) is 21.8. The highest BCUT2D eigenvalue weighted by molar-refractivity contribution is 6.67. The highest BCUT2D eigenvalue weighted by Crippen LogP contribution is 2.44. The molecule has 12 nitrogen and oxygen atoms in total. The van der Waals surface area contributed by atoms with Crippen LogP contribution in [0.4, 0.5) is 9.59 Å². The topological polar surface area (TPSA) is 162 Å². The molecule has 1 saturated heterocycles. The van der Waals surface area contributed by atoms with Crippen molar-refractivity contribution in [3.8, 4) is 11.1 Å². The van der Waals surface area contributed by atoms with Gasteiger partial charge in [-0.05, 0) is 34.2 Å². The van der Waals surface area contributed by atoms with Crippen molar-refractivity contribution in [1.29, 1.82) is 0 Å². The van der Waals surface area contributed by atoms with E-state index in [9.17, 15) is 24.6 Å². The Kier molecular flexibility index (Phi) is 12.8. The van der Waals surface area contributed by atoms with Gasteiger partial charge in [0.25, 0.3) is 0 Å². The lowest BCUT2D eigenvalue weighted by molar-refractivity contribution is -0.265. The molecule has 0 spiro atoms. The van der Waals surface area contributed by atoms with Crippen LogP contribution in [0.5, 0.6) is 0 Å². The van der Waals surface area contributed by atoms with E-state index in [0.29, 0.717) is 5.56 Å². The van der Waals surface area contributed by atoms with Crippen molar-refractivity contribution in [3.63, 3.8) is 0 Å². The van der Waals surface area contributed by atoms with Crippen molar-refractivity contribution in [1.82, 2.24) is 10.6 Å². The van der Waals surface area contributed by atoms with Crippen LogP contribution in [0.2, 0.25) is 0 Å². The average Bonchev–Trinajstić information content (AvgIpc) is 3.43. The molecule has 1 heterocycles. The molecule has 0 bridgehead atoms. The van der Waals surface area contributed by atoms with Gasteiger partial charge in [-0.1, -0.05) is 121 Å². The summed E-state index contributed by atoms with van der Waals surface area (Å²) in [5.74, 6) is -1.08. The molecule has 2 aliphatic rings. The van der Waals surface area contributed by atoms with Crippen LogP contribution in [0.1, 0.15) is 36.0 Å². The number of rotatable bonds is 12. The number of benzene rings is 3. The third-order valence-electron chi connectivity index (χ3n) is 8.33. The molecule has 15 heteroatoms. The maximum absolute atomic E-state index is 13.4. The lowest BCUT2D eigenvalue weighted by atomic mass is 9.95. The molecule has 1 aliphatic carbocycles. The summed E-state index contributed by atoms with van der Waals surface area (Å²) in [5.41, 5.74) is 4.83. The van der Waals surface area contributed by atoms with Crippen LogP contribution in [-0.2, 0) is 35.1 Å². The second-order valence-electron chi connectivity index (χ2n) is 11.7. The Morgan fingerprint density at radius 2 is 1.46 bits per heavy atom. The van der Waals surface area contributed by atoms with E-state index in [1.54, 1.807) is 31.2 Å². The molecular weight excluding hydrogens is 715 g/mol. The molecule has 4 N–H and O–H groups in total. The smallest absolute Gasteiger partial charge is 0.407 e. The number of carbonyl (C=O) groups is 3. The van der Waals surface area contributed by atoms with Crippen molar-refractivity contribution < 1.29 is 48.3 Å². The van der Waals surface area contributed by atoms with E-state index < -0.39 is 71.8 Å². The number of alkyl halides is 3. The fourth-order valence-electron chi connectivity index (χ4n) is 5.86. The zero-order valence-electron chi connectivity index (χ0n) is 26.9. The molecular formula is C35H37Cl3N2O10. The molecule has 5 unspecified atom stereocenters. The standard InChI is InChI=1S/C35H37Cl3N2O10/c1-2-27-29(41)30(42)28(40-34(45)49-19-35(36,37)38)32(50-27)47-18-26(31(43)46-16-20-10-4-3-5-11-20)39-33(44)48-17-25-23-14-8-6-12-21(23)22-13-7-9-15-24(22)25/h3-15,25-30,32,41-42H,2,16-19H2,1H3,(H,39,44)(H,40,45)/t26-,27?,28?,29?,30?,32?/m1/s1. The van der Waals surface area contributed by atoms with Crippen LogP contribution in [0.15, 0.2) is 78.9 Å². The summed E-state index contributed by atoms with van der Waals surface area (Å²) >= 11 is 17.0. The number of aliphatic hydroxyl groups is 2. The monoisotopic (exact) mass is 750 g/mol. The van der Waals surface area contributed by atoms with Gasteiger partial charge in [-0.15, -0.1) is 0 Å². The SMILES string of the molecule is CCC1OC(OC[C@@H](NC(=O)OCC2c3ccccc3-c3ccccc32)C(=O)OCc2ccccc2)C(NC(=O)OCC(Cl)(Cl)Cl)C(O)C1O. The number of esters is 1. The number of nitrogens with one attached hydrogen (secondary N) is 2. The fraction of sp³-hybridized carbons (Fsp3) is 0.400. The van der Waals surface area contributed by atoms with Gasteiger partial charge in [0.1, 0.15) is 38.1 Å². The first-order chi connectivity index (χ1) is 23.9. The van der Waals surface area contributed by atoms with Crippen molar-refractivity contribution in [2.75, 3.05) is 19.8 Å². The van der Waals surface area contributed by atoms with Crippen LogP contribution in [0, 0.1) is 0 Å². The maximum Gasteiger partial charge on any atom is 0.407 e. The summed E-state index contributed by atoms with van der Waals surface area (Å²) in [4.78, 5) is 39.1. The molecule has 3 aromatic rings. The molecule has 2 amide bonds. The molecule has 0 aromatic heterocycles. The first-order valence-electron chi connectivity index (χ1n) is 15.9. The Morgan fingerprint density at radius 3 is 2.08 bits per heavy atom. The van der Waals surface area contributed by atoms with Gasteiger partial charge in [0, 0.05) is 5.92 Å². The van der Waals surface area contributed by atoms with Gasteiger partial charge in [-0.25, -0.2) is 14.4 Å². The van der Waals surface area contributed by atoms with E-state index in [2.05, 4.69) is 10.6 Å². The van der Waals surface area contributed by atoms with Crippen LogP contribution in [-0.4, -0.2) is 88.7 Å². The number of aliphatic hydroxyl groups excluding tert-OH is 2. The zero-order valence-corrected chi connectivity index (χ0v) is 29.1. The van der Waals surface area contributed by atoms with Gasteiger partial charge in [0.2, 0.25) is 3.79 Å². The van der Waals surface area contributed by atoms with E-state index in [-0.39, 0.29) is 25.6 Å². The summed E-state index contributed by atoms with van der Waals surface area (Å²) in [5, 5.41) is 26.4. The molecule has 268 valence electrons. The third kappa shape index (κ3) is 9.58. The molecule has 1 aliphatic heterocycles. The number of hydrogen-bond acceptors (Lipinski definition) is 10. The molecule has 5 rings (SSSR count). The molecule has 50 heavy (non-hydrogen) atoms. The average molecular weight is 752 g/mol. The molecule has 0 saturated carbocycles. The number of halogens is 3. The van der Waals surface area contributed by atoms with E-state index >= 15 is 0 Å². The highest BCUT2D eigenvalue weighted by atomic mass is 35.6. The number of amides is 2. The Morgan fingerprint density at radius 1 is 0.840 bits per heavy atom. The predicted octanol–water partition coefficient (Wildman–Crippen LogP) is 4.98. The minimum Gasteiger partial charge on any atom is -0.459 e. The van der Waals surface area contributed by atoms with Crippen LogP contribution < -0.4 is 10.6 Å². The summed E-state index contributed by atoms with van der Waals surface area (Å²) in [6.45, 7) is 0.456. The number of fused-ring (bicyclic) bond motifs is 3. The third-order valence-corrected chi connectivity index (χ3v) is 8.65. The second-order valence-corrected chi connectivity index (χ2v) is 14.3. The zero-order chi connectivity index (χ0) is 35.8. The largest absolute Gasteiger partial charge is 0.459 e. The van der Waals surface area contributed by atoms with Gasteiger partial charge < -0.3 is 44.5 Å². The van der Waals surface area contributed by atoms with Gasteiger partial charge in [0.05, 0.1) is 12.7 Å². The van der Waals surface area contributed by atoms with Gasteiger partial charge in [-0.3, -0.25) is 0 Å². The quantitative estimate of drug-likeness (QED) is 0.113. The lowest BCUT2D eigenvalue weighted by Gasteiger charge is -2.42. The number of carbonyl (C=O) groups excluding carboxylic acids is 3. The Labute approximate surface area is 303 Å². The molecule has 1 fully saturated rings. The van der Waals surface area contributed by atoms with E-state index in [4.69, 9.17) is 58.5 Å². The predicted molar refractivity (Wildman–Crippen MR) is 184 cm³/mol. The summed E-state index contributed by atoms with van der Waals surface area (Å²) < 4.78 is 25.9. The first-order valence-corrected chi connectivity index (χ1v) is 17.0. The van der Waals surface area contributed by atoms with Crippen LogP contribution in [0.3, 0.4) is 0 Å². The number of ether oxygens (including phenoxy) is 5. The van der Waals surface area contributed by atoms with E-state index in [1.165, 1.54) is 0 Å². The van der Waals surface area contributed by atoms with Crippen molar-refractivity contribution in [2.45, 2.75) is 66.3 Å².